The second kappa shape index (κ2) is 6.16. The first-order valence-corrected chi connectivity index (χ1v) is 7.28. The van der Waals surface area contributed by atoms with Crippen molar-refractivity contribution in [3.05, 3.63) is 33.8 Å². The maximum absolute atomic E-state index is 12.5. The second-order valence-corrected chi connectivity index (χ2v) is 5.91. The van der Waals surface area contributed by atoms with Gasteiger partial charge in [0.2, 0.25) is 5.91 Å². The fraction of sp³-hybridized carbons (Fsp3) is 0.500. The normalized spacial score (nSPS) is 15.2. The van der Waals surface area contributed by atoms with E-state index in [2.05, 4.69) is 21.2 Å². The summed E-state index contributed by atoms with van der Waals surface area (Å²) in [7, 11) is 0. The van der Waals surface area contributed by atoms with Gasteiger partial charge < -0.3 is 5.32 Å². The highest BCUT2D eigenvalue weighted by molar-refractivity contribution is 9.10. The first-order chi connectivity index (χ1) is 9.36. The van der Waals surface area contributed by atoms with E-state index >= 15 is 0 Å². The van der Waals surface area contributed by atoms with E-state index in [1.54, 1.807) is 0 Å². The zero-order valence-corrected chi connectivity index (χ0v) is 12.4. The summed E-state index contributed by atoms with van der Waals surface area (Å²) < 4.78 is 37.9. The van der Waals surface area contributed by atoms with Crippen LogP contribution >= 0.6 is 15.9 Å². The van der Waals surface area contributed by atoms with Crippen molar-refractivity contribution in [2.24, 2.45) is 5.92 Å². The standard InChI is InChI=1S/C14H15BrF3NO/c15-12-7-11(14(16,17)18)5-3-10(12)4-6-13(20)19-8-9-1-2-9/h3,5,7,9H,1-2,4,6,8H2,(H,19,20). The molecule has 1 saturated carbocycles. The lowest BCUT2D eigenvalue weighted by Gasteiger charge is -2.10. The van der Waals surface area contributed by atoms with Crippen molar-refractivity contribution < 1.29 is 18.0 Å². The Morgan fingerprint density at radius 2 is 2.05 bits per heavy atom. The van der Waals surface area contributed by atoms with Crippen LogP contribution in [0.2, 0.25) is 0 Å². The molecule has 1 aliphatic rings. The topological polar surface area (TPSA) is 29.1 Å². The van der Waals surface area contributed by atoms with Gasteiger partial charge in [-0.3, -0.25) is 4.79 Å². The minimum absolute atomic E-state index is 0.0521. The second-order valence-electron chi connectivity index (χ2n) is 5.05. The van der Waals surface area contributed by atoms with Crippen LogP contribution in [-0.2, 0) is 17.4 Å². The van der Waals surface area contributed by atoms with Crippen LogP contribution in [0.25, 0.3) is 0 Å². The summed E-state index contributed by atoms with van der Waals surface area (Å²) in [5, 5.41) is 2.84. The molecule has 1 fully saturated rings. The first-order valence-electron chi connectivity index (χ1n) is 6.48. The number of nitrogens with one attached hydrogen (secondary N) is 1. The summed E-state index contributed by atoms with van der Waals surface area (Å²) in [6.45, 7) is 0.715. The number of hydrogen-bond donors (Lipinski definition) is 1. The number of carbonyl (C=O) groups excluding carboxylic acids is 1. The Hall–Kier alpha value is -1.04. The maximum Gasteiger partial charge on any atom is 0.416 e. The molecular weight excluding hydrogens is 335 g/mol. The van der Waals surface area contributed by atoms with Crippen LogP contribution in [-0.4, -0.2) is 12.5 Å². The van der Waals surface area contributed by atoms with Gasteiger partial charge in [0.15, 0.2) is 0 Å². The molecule has 0 heterocycles. The third-order valence-electron chi connectivity index (χ3n) is 3.29. The van der Waals surface area contributed by atoms with E-state index in [0.29, 0.717) is 28.9 Å². The molecule has 0 saturated heterocycles. The van der Waals surface area contributed by atoms with E-state index in [4.69, 9.17) is 0 Å². The van der Waals surface area contributed by atoms with Crippen molar-refractivity contribution in [2.45, 2.75) is 31.9 Å². The zero-order valence-electron chi connectivity index (χ0n) is 10.8. The highest BCUT2D eigenvalue weighted by Crippen LogP contribution is 2.32. The number of amides is 1. The molecule has 0 radical (unpaired) electrons. The first kappa shape index (κ1) is 15.4. The van der Waals surface area contributed by atoms with Gasteiger partial charge in [0.25, 0.3) is 0 Å². The fourth-order valence-electron chi connectivity index (χ4n) is 1.84. The van der Waals surface area contributed by atoms with Gasteiger partial charge in [-0.1, -0.05) is 22.0 Å². The summed E-state index contributed by atoms with van der Waals surface area (Å²) >= 11 is 3.13. The number of hydrogen-bond acceptors (Lipinski definition) is 1. The quantitative estimate of drug-likeness (QED) is 0.857. The molecule has 1 aromatic carbocycles. The average molecular weight is 350 g/mol. The van der Waals surface area contributed by atoms with E-state index < -0.39 is 11.7 Å². The van der Waals surface area contributed by atoms with Crippen LogP contribution in [0.3, 0.4) is 0 Å². The van der Waals surface area contributed by atoms with Crippen LogP contribution in [0.5, 0.6) is 0 Å². The van der Waals surface area contributed by atoms with Crippen molar-refractivity contribution in [1.29, 1.82) is 0 Å². The Balaban J connectivity index is 1.87. The molecule has 110 valence electrons. The van der Waals surface area contributed by atoms with Crippen molar-refractivity contribution in [3.63, 3.8) is 0 Å². The van der Waals surface area contributed by atoms with Gasteiger partial charge in [0, 0.05) is 17.4 Å². The lowest BCUT2D eigenvalue weighted by Crippen LogP contribution is -2.25. The van der Waals surface area contributed by atoms with E-state index in [1.807, 2.05) is 0 Å². The number of carbonyl (C=O) groups is 1. The highest BCUT2D eigenvalue weighted by atomic mass is 79.9. The number of halogens is 4. The third-order valence-corrected chi connectivity index (χ3v) is 4.02. The van der Waals surface area contributed by atoms with Gasteiger partial charge in [-0.05, 0) is 42.9 Å². The predicted octanol–water partition coefficient (Wildman–Crippen LogP) is 3.93. The Morgan fingerprint density at radius 1 is 1.35 bits per heavy atom. The van der Waals surface area contributed by atoms with Gasteiger partial charge >= 0.3 is 6.18 Å². The summed E-state index contributed by atoms with van der Waals surface area (Å²) in [4.78, 5) is 11.6. The number of rotatable bonds is 5. The Labute approximate surface area is 123 Å². The van der Waals surface area contributed by atoms with Gasteiger partial charge in [0.05, 0.1) is 5.56 Å². The molecule has 2 nitrogen and oxygen atoms in total. The minimum Gasteiger partial charge on any atom is -0.356 e. The summed E-state index contributed by atoms with van der Waals surface area (Å²) in [6.07, 6.45) is -1.29. The molecule has 6 heteroatoms. The summed E-state index contributed by atoms with van der Waals surface area (Å²) in [6, 6.07) is 3.51. The SMILES string of the molecule is O=C(CCc1ccc(C(F)(F)F)cc1Br)NCC1CC1. The minimum atomic E-state index is -4.34. The smallest absolute Gasteiger partial charge is 0.356 e. The summed E-state index contributed by atoms with van der Waals surface area (Å²) in [5.41, 5.74) is 0.0193. The van der Waals surface area contributed by atoms with E-state index in [-0.39, 0.29) is 12.3 Å². The van der Waals surface area contributed by atoms with Crippen molar-refractivity contribution in [1.82, 2.24) is 5.32 Å². The van der Waals surface area contributed by atoms with Crippen LogP contribution in [0.15, 0.2) is 22.7 Å². The molecule has 0 aromatic heterocycles. The monoisotopic (exact) mass is 349 g/mol. The van der Waals surface area contributed by atoms with Gasteiger partial charge in [-0.25, -0.2) is 0 Å². The molecule has 0 bridgehead atoms. The maximum atomic E-state index is 12.5. The molecule has 20 heavy (non-hydrogen) atoms. The lowest BCUT2D eigenvalue weighted by molar-refractivity contribution is -0.137. The third kappa shape index (κ3) is 4.51. The van der Waals surface area contributed by atoms with Crippen LogP contribution in [0.4, 0.5) is 13.2 Å². The Bertz CT molecular complexity index is 498. The zero-order chi connectivity index (χ0) is 14.8. The number of aryl methyl sites for hydroxylation is 1. The molecule has 0 aliphatic heterocycles. The van der Waals surface area contributed by atoms with Crippen LogP contribution < -0.4 is 5.32 Å². The fourth-order valence-corrected chi connectivity index (χ4v) is 2.42. The van der Waals surface area contributed by atoms with Gasteiger partial charge in [-0.15, -0.1) is 0 Å². The number of alkyl halides is 3. The summed E-state index contributed by atoms with van der Waals surface area (Å²) in [5.74, 6) is 0.570. The molecular formula is C14H15BrF3NO. The van der Waals surface area contributed by atoms with Crippen LogP contribution in [0, 0.1) is 5.92 Å². The molecule has 1 aromatic rings. The lowest BCUT2D eigenvalue weighted by atomic mass is 10.1. The van der Waals surface area contributed by atoms with Crippen molar-refractivity contribution >= 4 is 21.8 Å². The molecule has 0 atom stereocenters. The molecule has 1 N–H and O–H groups in total. The number of benzene rings is 1. The predicted molar refractivity (Wildman–Crippen MR) is 73.2 cm³/mol. The molecule has 0 unspecified atom stereocenters. The van der Waals surface area contributed by atoms with E-state index in [1.165, 1.54) is 18.9 Å². The van der Waals surface area contributed by atoms with Gasteiger partial charge in [-0.2, -0.15) is 13.2 Å². The highest BCUT2D eigenvalue weighted by Gasteiger charge is 2.30. The van der Waals surface area contributed by atoms with Crippen molar-refractivity contribution in [2.75, 3.05) is 6.54 Å². The largest absolute Gasteiger partial charge is 0.416 e. The molecule has 2 rings (SSSR count). The van der Waals surface area contributed by atoms with Gasteiger partial charge in [0.1, 0.15) is 0 Å². The average Bonchev–Trinajstić information content (AvgIpc) is 3.17. The Kier molecular flexibility index (Phi) is 4.73. The van der Waals surface area contributed by atoms with E-state index in [0.717, 1.165) is 12.1 Å². The molecule has 1 aliphatic carbocycles. The molecule has 1 amide bonds. The Morgan fingerprint density at radius 3 is 2.60 bits per heavy atom. The molecule has 0 spiro atoms. The van der Waals surface area contributed by atoms with Crippen LogP contribution in [0.1, 0.15) is 30.4 Å². The van der Waals surface area contributed by atoms with Crippen molar-refractivity contribution in [3.8, 4) is 0 Å². The van der Waals surface area contributed by atoms with E-state index in [9.17, 15) is 18.0 Å².